The number of methoxy groups -OCH3 is 1. The molecular formula is C18H16ClNO4. The summed E-state index contributed by atoms with van der Waals surface area (Å²) in [6.07, 6.45) is 0. The molecule has 3 rings (SSSR count). The summed E-state index contributed by atoms with van der Waals surface area (Å²) in [5.41, 5.74) is 1.19. The predicted molar refractivity (Wildman–Crippen MR) is 93.3 cm³/mol. The monoisotopic (exact) mass is 345 g/mol. The lowest BCUT2D eigenvalue weighted by molar-refractivity contribution is 0.0998. The van der Waals surface area contributed by atoms with Crippen LogP contribution in [0.25, 0.3) is 11.0 Å². The van der Waals surface area contributed by atoms with Gasteiger partial charge >= 0.3 is 0 Å². The van der Waals surface area contributed by atoms with E-state index in [0.717, 1.165) is 5.39 Å². The van der Waals surface area contributed by atoms with Crippen molar-refractivity contribution in [2.45, 2.75) is 6.92 Å². The Labute approximate surface area is 144 Å². The van der Waals surface area contributed by atoms with Crippen LogP contribution in [-0.2, 0) is 0 Å². The first kappa shape index (κ1) is 16.2. The smallest absolute Gasteiger partial charge is 0.291 e. The number of carbonyl (C=O) groups is 1. The van der Waals surface area contributed by atoms with Crippen molar-refractivity contribution in [1.82, 2.24) is 0 Å². The number of anilines is 1. The predicted octanol–water partition coefficient (Wildman–Crippen LogP) is 4.75. The molecule has 5 nitrogen and oxygen atoms in total. The number of rotatable bonds is 5. The number of benzene rings is 2. The van der Waals surface area contributed by atoms with Crippen molar-refractivity contribution < 1.29 is 18.7 Å². The van der Waals surface area contributed by atoms with Crippen LogP contribution in [0.3, 0.4) is 0 Å². The highest BCUT2D eigenvalue weighted by Gasteiger charge is 2.14. The third-order valence-electron chi connectivity index (χ3n) is 3.42. The van der Waals surface area contributed by atoms with Crippen molar-refractivity contribution in [2.24, 2.45) is 0 Å². The molecule has 0 aliphatic heterocycles. The molecule has 0 saturated carbocycles. The lowest BCUT2D eigenvalue weighted by Crippen LogP contribution is -2.11. The molecule has 0 spiro atoms. The van der Waals surface area contributed by atoms with Crippen molar-refractivity contribution in [3.63, 3.8) is 0 Å². The summed E-state index contributed by atoms with van der Waals surface area (Å²) in [5.74, 6) is 1.02. The van der Waals surface area contributed by atoms with E-state index in [0.29, 0.717) is 34.4 Å². The number of amides is 1. The van der Waals surface area contributed by atoms with Crippen molar-refractivity contribution in [2.75, 3.05) is 19.0 Å². The zero-order valence-electron chi connectivity index (χ0n) is 13.3. The molecule has 0 saturated heterocycles. The SMILES string of the molecule is CCOc1ccc(NC(=O)c2cc3cc(Cl)ccc3o2)cc1OC. The second-order valence-corrected chi connectivity index (χ2v) is 5.48. The fourth-order valence-corrected chi connectivity index (χ4v) is 2.52. The van der Waals surface area contributed by atoms with Gasteiger partial charge in [0.15, 0.2) is 17.3 Å². The lowest BCUT2D eigenvalue weighted by Gasteiger charge is -2.11. The summed E-state index contributed by atoms with van der Waals surface area (Å²) >= 11 is 5.94. The third-order valence-corrected chi connectivity index (χ3v) is 3.66. The molecule has 0 aliphatic rings. The number of nitrogens with one attached hydrogen (secondary N) is 1. The molecule has 1 amide bonds. The normalized spacial score (nSPS) is 10.6. The molecule has 0 fully saturated rings. The van der Waals surface area contributed by atoms with Crippen LogP contribution in [0.15, 0.2) is 46.9 Å². The van der Waals surface area contributed by atoms with Gasteiger partial charge in [-0.2, -0.15) is 0 Å². The zero-order chi connectivity index (χ0) is 17.1. The fraction of sp³-hybridized carbons (Fsp3) is 0.167. The van der Waals surface area contributed by atoms with Gasteiger partial charge in [0, 0.05) is 22.2 Å². The Morgan fingerprint density at radius 1 is 1.17 bits per heavy atom. The fourth-order valence-electron chi connectivity index (χ4n) is 2.34. The highest BCUT2D eigenvalue weighted by Crippen LogP contribution is 2.30. The van der Waals surface area contributed by atoms with Crippen LogP contribution >= 0.6 is 11.6 Å². The van der Waals surface area contributed by atoms with Gasteiger partial charge in [0.25, 0.3) is 5.91 Å². The van der Waals surface area contributed by atoms with Crippen molar-refractivity contribution in [3.8, 4) is 11.5 Å². The Morgan fingerprint density at radius 2 is 2.00 bits per heavy atom. The number of carbonyl (C=O) groups excluding carboxylic acids is 1. The minimum absolute atomic E-state index is 0.208. The summed E-state index contributed by atoms with van der Waals surface area (Å²) in [5, 5.41) is 4.14. The van der Waals surface area contributed by atoms with E-state index in [1.165, 1.54) is 0 Å². The van der Waals surface area contributed by atoms with Gasteiger partial charge in [-0.3, -0.25) is 4.79 Å². The maximum absolute atomic E-state index is 12.4. The van der Waals surface area contributed by atoms with Gasteiger partial charge in [-0.05, 0) is 43.3 Å². The van der Waals surface area contributed by atoms with Crippen LogP contribution in [0.4, 0.5) is 5.69 Å². The molecule has 6 heteroatoms. The summed E-state index contributed by atoms with van der Waals surface area (Å²) in [6.45, 7) is 2.42. The van der Waals surface area contributed by atoms with Gasteiger partial charge in [0.1, 0.15) is 5.58 Å². The summed E-state index contributed by atoms with van der Waals surface area (Å²) in [6, 6.07) is 12.0. The average Bonchev–Trinajstić information content (AvgIpc) is 2.99. The van der Waals surface area contributed by atoms with E-state index < -0.39 is 0 Å². The third kappa shape index (κ3) is 3.31. The van der Waals surface area contributed by atoms with Crippen molar-refractivity contribution >= 4 is 34.2 Å². The maximum atomic E-state index is 12.4. The average molecular weight is 346 g/mol. The van der Waals surface area contributed by atoms with Crippen LogP contribution in [0, 0.1) is 0 Å². The van der Waals surface area contributed by atoms with Gasteiger partial charge in [-0.25, -0.2) is 0 Å². The molecule has 0 aliphatic carbocycles. The Kier molecular flexibility index (Phi) is 4.62. The Balaban J connectivity index is 1.82. The zero-order valence-corrected chi connectivity index (χ0v) is 14.0. The van der Waals surface area contributed by atoms with Gasteiger partial charge in [-0.1, -0.05) is 11.6 Å². The van der Waals surface area contributed by atoms with E-state index in [9.17, 15) is 4.79 Å². The molecule has 124 valence electrons. The molecule has 0 unspecified atom stereocenters. The van der Waals surface area contributed by atoms with Gasteiger partial charge in [0.05, 0.1) is 13.7 Å². The van der Waals surface area contributed by atoms with E-state index in [1.54, 1.807) is 49.6 Å². The van der Waals surface area contributed by atoms with E-state index >= 15 is 0 Å². The van der Waals surface area contributed by atoms with E-state index in [2.05, 4.69) is 5.32 Å². The Morgan fingerprint density at radius 3 is 2.75 bits per heavy atom. The summed E-state index contributed by atoms with van der Waals surface area (Å²) in [4.78, 5) is 12.4. The van der Waals surface area contributed by atoms with Gasteiger partial charge in [0.2, 0.25) is 0 Å². The van der Waals surface area contributed by atoms with Crippen molar-refractivity contribution in [1.29, 1.82) is 0 Å². The molecule has 0 radical (unpaired) electrons. The molecule has 0 atom stereocenters. The number of hydrogen-bond acceptors (Lipinski definition) is 4. The number of furan rings is 1. The molecule has 1 heterocycles. The van der Waals surface area contributed by atoms with Crippen LogP contribution in [0.2, 0.25) is 5.02 Å². The van der Waals surface area contributed by atoms with E-state index in [4.69, 9.17) is 25.5 Å². The Bertz CT molecular complexity index is 888. The van der Waals surface area contributed by atoms with Crippen molar-refractivity contribution in [3.05, 3.63) is 53.2 Å². The molecule has 0 bridgehead atoms. The number of fused-ring (bicyclic) bond motifs is 1. The van der Waals surface area contributed by atoms with Gasteiger partial charge in [-0.15, -0.1) is 0 Å². The Hall–Kier alpha value is -2.66. The molecule has 2 aromatic carbocycles. The minimum Gasteiger partial charge on any atom is -0.493 e. The number of halogens is 1. The van der Waals surface area contributed by atoms with E-state index in [1.807, 2.05) is 6.92 Å². The first-order valence-corrected chi connectivity index (χ1v) is 7.80. The number of ether oxygens (including phenoxy) is 2. The molecule has 1 aromatic heterocycles. The first-order valence-electron chi connectivity index (χ1n) is 7.42. The standard InChI is InChI=1S/C18H16ClNO4/c1-3-23-15-7-5-13(10-16(15)22-2)20-18(21)17-9-11-8-12(19)4-6-14(11)24-17/h4-10H,3H2,1-2H3,(H,20,21). The lowest BCUT2D eigenvalue weighted by atomic mass is 10.2. The van der Waals surface area contributed by atoms with Gasteiger partial charge < -0.3 is 19.2 Å². The second-order valence-electron chi connectivity index (χ2n) is 5.05. The highest BCUT2D eigenvalue weighted by molar-refractivity contribution is 6.31. The quantitative estimate of drug-likeness (QED) is 0.725. The van der Waals surface area contributed by atoms with Crippen LogP contribution in [-0.4, -0.2) is 19.6 Å². The maximum Gasteiger partial charge on any atom is 0.291 e. The highest BCUT2D eigenvalue weighted by atomic mass is 35.5. The van der Waals surface area contributed by atoms with Crippen LogP contribution < -0.4 is 14.8 Å². The topological polar surface area (TPSA) is 60.7 Å². The largest absolute Gasteiger partial charge is 0.493 e. The first-order chi connectivity index (χ1) is 11.6. The number of hydrogen-bond donors (Lipinski definition) is 1. The van der Waals surface area contributed by atoms with Crippen LogP contribution in [0.5, 0.6) is 11.5 Å². The minimum atomic E-state index is -0.353. The van der Waals surface area contributed by atoms with Crippen LogP contribution in [0.1, 0.15) is 17.5 Å². The molecule has 3 aromatic rings. The molecular weight excluding hydrogens is 330 g/mol. The summed E-state index contributed by atoms with van der Waals surface area (Å²) < 4.78 is 16.3. The second kappa shape index (κ2) is 6.84. The summed E-state index contributed by atoms with van der Waals surface area (Å²) in [7, 11) is 1.55. The van der Waals surface area contributed by atoms with E-state index in [-0.39, 0.29) is 11.7 Å². The molecule has 24 heavy (non-hydrogen) atoms. The molecule has 1 N–H and O–H groups in total.